The van der Waals surface area contributed by atoms with E-state index in [9.17, 15) is 14.9 Å². The molecule has 0 bridgehead atoms. The summed E-state index contributed by atoms with van der Waals surface area (Å²) >= 11 is 0. The molecule has 124 valence electrons. The van der Waals surface area contributed by atoms with Crippen LogP contribution in [-0.4, -0.2) is 22.4 Å². The molecule has 2 aromatic rings. The smallest absolute Gasteiger partial charge is 0.317 e. The molecule has 1 heterocycles. The van der Waals surface area contributed by atoms with E-state index in [1.54, 1.807) is 23.1 Å². The van der Waals surface area contributed by atoms with Gasteiger partial charge < -0.3 is 10.2 Å². The highest BCUT2D eigenvalue weighted by Crippen LogP contribution is 2.33. The van der Waals surface area contributed by atoms with Gasteiger partial charge in [0, 0.05) is 12.6 Å². The third-order valence-corrected chi connectivity index (χ3v) is 4.32. The molecule has 1 aliphatic heterocycles. The number of nitrogens with one attached hydrogen (secondary N) is 1. The normalized spacial score (nSPS) is 16.9. The number of carbonyl (C=O) groups excluding carboxylic acids is 1. The van der Waals surface area contributed by atoms with Gasteiger partial charge in [0.05, 0.1) is 11.0 Å². The van der Waals surface area contributed by atoms with E-state index in [4.69, 9.17) is 0 Å². The summed E-state index contributed by atoms with van der Waals surface area (Å²) in [5.41, 5.74) is 2.39. The van der Waals surface area contributed by atoms with Gasteiger partial charge in [-0.15, -0.1) is 0 Å². The van der Waals surface area contributed by atoms with E-state index in [-0.39, 0.29) is 23.4 Å². The predicted molar refractivity (Wildman–Crippen MR) is 92.0 cm³/mol. The Kier molecular flexibility index (Phi) is 4.46. The number of hydrogen-bond acceptors (Lipinski definition) is 3. The number of likely N-dealkylation sites (tertiary alicyclic amines) is 1. The molecule has 24 heavy (non-hydrogen) atoms. The Morgan fingerprint density at radius 2 is 1.92 bits per heavy atom. The molecule has 0 aliphatic carbocycles. The number of benzene rings is 2. The summed E-state index contributed by atoms with van der Waals surface area (Å²) in [6.07, 6.45) is 1.82. The van der Waals surface area contributed by atoms with Crippen LogP contribution >= 0.6 is 0 Å². The monoisotopic (exact) mass is 325 g/mol. The first-order valence-electron chi connectivity index (χ1n) is 7.94. The van der Waals surface area contributed by atoms with Crippen LogP contribution < -0.4 is 5.32 Å². The molecule has 2 amide bonds. The standard InChI is InChI=1S/C18H19N3O3/c1-13-8-10-14(11-9-13)16-7-4-12-20(16)18(22)19-15-5-2-3-6-17(15)21(23)24/h2-3,5-6,8-11,16H,4,7,12H2,1H3,(H,19,22)/t16-/m1/s1. The van der Waals surface area contributed by atoms with Gasteiger partial charge in [0.15, 0.2) is 0 Å². The molecule has 1 saturated heterocycles. The maximum absolute atomic E-state index is 12.6. The van der Waals surface area contributed by atoms with Crippen molar-refractivity contribution in [3.8, 4) is 0 Å². The van der Waals surface area contributed by atoms with Crippen molar-refractivity contribution >= 4 is 17.4 Å². The summed E-state index contributed by atoms with van der Waals surface area (Å²) < 4.78 is 0. The molecule has 1 aliphatic rings. The maximum Gasteiger partial charge on any atom is 0.322 e. The molecule has 0 aromatic heterocycles. The number of para-hydroxylation sites is 2. The third-order valence-electron chi connectivity index (χ3n) is 4.32. The largest absolute Gasteiger partial charge is 0.322 e. The highest BCUT2D eigenvalue weighted by atomic mass is 16.6. The van der Waals surface area contributed by atoms with Gasteiger partial charge in [-0.05, 0) is 31.4 Å². The Morgan fingerprint density at radius 3 is 2.62 bits per heavy atom. The van der Waals surface area contributed by atoms with Gasteiger partial charge in [0.1, 0.15) is 5.69 Å². The maximum atomic E-state index is 12.6. The second kappa shape index (κ2) is 6.70. The third kappa shape index (κ3) is 3.22. The molecule has 1 fully saturated rings. The molecule has 3 rings (SSSR count). The Hall–Kier alpha value is -2.89. The molecule has 0 spiro atoms. The lowest BCUT2D eigenvalue weighted by Crippen LogP contribution is -2.34. The van der Waals surface area contributed by atoms with Crippen LogP contribution in [0, 0.1) is 17.0 Å². The number of urea groups is 1. The minimum absolute atomic E-state index is 0.00775. The number of rotatable bonds is 3. The number of anilines is 1. The Morgan fingerprint density at radius 1 is 1.21 bits per heavy atom. The van der Waals surface area contributed by atoms with Crippen molar-refractivity contribution in [2.45, 2.75) is 25.8 Å². The van der Waals surface area contributed by atoms with Gasteiger partial charge in [0.25, 0.3) is 5.69 Å². The van der Waals surface area contributed by atoms with E-state index in [1.165, 1.54) is 11.6 Å². The minimum atomic E-state index is -0.489. The molecule has 6 nitrogen and oxygen atoms in total. The molecule has 0 unspecified atom stereocenters. The summed E-state index contributed by atoms with van der Waals surface area (Å²) in [5, 5.41) is 13.8. The van der Waals surface area contributed by atoms with E-state index < -0.39 is 4.92 Å². The summed E-state index contributed by atoms with van der Waals surface area (Å²) in [6, 6.07) is 14.0. The van der Waals surface area contributed by atoms with Crippen LogP contribution in [0.2, 0.25) is 0 Å². The van der Waals surface area contributed by atoms with Crippen molar-refractivity contribution in [3.63, 3.8) is 0 Å². The number of nitrogens with zero attached hydrogens (tertiary/aromatic N) is 2. The van der Waals surface area contributed by atoms with Crippen LogP contribution in [0.15, 0.2) is 48.5 Å². The van der Waals surface area contributed by atoms with Crippen LogP contribution in [0.3, 0.4) is 0 Å². The first kappa shape index (κ1) is 16.0. The van der Waals surface area contributed by atoms with Crippen molar-refractivity contribution in [3.05, 3.63) is 69.8 Å². The van der Waals surface area contributed by atoms with Gasteiger partial charge >= 0.3 is 6.03 Å². The number of hydrogen-bond donors (Lipinski definition) is 1. The zero-order chi connectivity index (χ0) is 17.1. The SMILES string of the molecule is Cc1ccc([C@H]2CCCN2C(=O)Nc2ccccc2[N+](=O)[O-])cc1. The highest BCUT2D eigenvalue weighted by Gasteiger charge is 2.30. The van der Waals surface area contributed by atoms with Crippen LogP contribution in [0.4, 0.5) is 16.2 Å². The molecule has 0 saturated carbocycles. The number of amides is 2. The zero-order valence-corrected chi connectivity index (χ0v) is 13.4. The summed E-state index contributed by atoms with van der Waals surface area (Å²) in [7, 11) is 0. The number of carbonyl (C=O) groups is 1. The minimum Gasteiger partial charge on any atom is -0.317 e. The van der Waals surface area contributed by atoms with Gasteiger partial charge in [-0.3, -0.25) is 10.1 Å². The Balaban J connectivity index is 1.79. The van der Waals surface area contributed by atoms with Crippen molar-refractivity contribution in [1.82, 2.24) is 4.90 Å². The van der Waals surface area contributed by atoms with E-state index in [1.807, 2.05) is 31.2 Å². The fourth-order valence-electron chi connectivity index (χ4n) is 3.07. The summed E-state index contributed by atoms with van der Waals surface area (Å²) in [4.78, 5) is 25.0. The number of nitro groups is 1. The van der Waals surface area contributed by atoms with E-state index in [0.29, 0.717) is 6.54 Å². The molecule has 2 aromatic carbocycles. The lowest BCUT2D eigenvalue weighted by atomic mass is 10.0. The first-order chi connectivity index (χ1) is 11.6. The van der Waals surface area contributed by atoms with E-state index >= 15 is 0 Å². The molecular formula is C18H19N3O3. The first-order valence-corrected chi connectivity index (χ1v) is 7.94. The summed E-state index contributed by atoms with van der Waals surface area (Å²) in [5.74, 6) is 0. The van der Waals surface area contributed by atoms with Crippen LogP contribution in [0.25, 0.3) is 0 Å². The molecule has 6 heteroatoms. The Bertz CT molecular complexity index is 758. The quantitative estimate of drug-likeness (QED) is 0.676. The lowest BCUT2D eigenvalue weighted by molar-refractivity contribution is -0.383. The van der Waals surface area contributed by atoms with Crippen molar-refractivity contribution in [1.29, 1.82) is 0 Å². The topological polar surface area (TPSA) is 75.5 Å². The molecule has 1 atom stereocenters. The molecule has 0 radical (unpaired) electrons. The van der Waals surface area contributed by atoms with Gasteiger partial charge in [0.2, 0.25) is 0 Å². The van der Waals surface area contributed by atoms with Crippen molar-refractivity contribution in [2.24, 2.45) is 0 Å². The van der Waals surface area contributed by atoms with Crippen molar-refractivity contribution < 1.29 is 9.72 Å². The predicted octanol–water partition coefficient (Wildman–Crippen LogP) is 4.27. The van der Waals surface area contributed by atoms with Gasteiger partial charge in [-0.2, -0.15) is 0 Å². The fourth-order valence-corrected chi connectivity index (χ4v) is 3.07. The molecular weight excluding hydrogens is 306 g/mol. The van der Waals surface area contributed by atoms with Crippen LogP contribution in [-0.2, 0) is 0 Å². The van der Waals surface area contributed by atoms with Gasteiger partial charge in [-0.25, -0.2) is 4.79 Å². The Labute approximate surface area is 140 Å². The van der Waals surface area contributed by atoms with Crippen molar-refractivity contribution in [2.75, 3.05) is 11.9 Å². The molecule has 1 N–H and O–H groups in total. The average molecular weight is 325 g/mol. The van der Waals surface area contributed by atoms with E-state index in [0.717, 1.165) is 18.4 Å². The second-order valence-corrected chi connectivity index (χ2v) is 5.97. The second-order valence-electron chi connectivity index (χ2n) is 5.97. The fraction of sp³-hybridized carbons (Fsp3) is 0.278. The summed E-state index contributed by atoms with van der Waals surface area (Å²) in [6.45, 7) is 2.67. The number of nitro benzene ring substituents is 1. The van der Waals surface area contributed by atoms with Crippen LogP contribution in [0.1, 0.15) is 30.0 Å². The highest BCUT2D eigenvalue weighted by molar-refractivity contribution is 5.92. The van der Waals surface area contributed by atoms with Gasteiger partial charge in [-0.1, -0.05) is 42.0 Å². The lowest BCUT2D eigenvalue weighted by Gasteiger charge is -2.25. The van der Waals surface area contributed by atoms with Crippen LogP contribution in [0.5, 0.6) is 0 Å². The zero-order valence-electron chi connectivity index (χ0n) is 13.4. The number of aryl methyl sites for hydroxylation is 1. The average Bonchev–Trinajstić information content (AvgIpc) is 3.05. The van der Waals surface area contributed by atoms with E-state index in [2.05, 4.69) is 5.32 Å².